The lowest BCUT2D eigenvalue weighted by Gasteiger charge is -2.14. The molecular weight excluding hydrogens is 261 g/mol. The summed E-state index contributed by atoms with van der Waals surface area (Å²) in [5, 5.41) is 1.14. The topological polar surface area (TPSA) is 12.9 Å². The number of para-hydroxylation sites is 1. The molecule has 1 aromatic heterocycles. The zero-order valence-corrected chi connectivity index (χ0v) is 11.9. The van der Waals surface area contributed by atoms with Crippen LogP contribution in [0.5, 0.6) is 0 Å². The minimum Gasteiger partial charge on any atom is -0.252 e. The Labute approximate surface area is 123 Å². The molecule has 4 rings (SSSR count). The van der Waals surface area contributed by atoms with Crippen LogP contribution in [0.2, 0.25) is 0 Å². The Kier molecular flexibility index (Phi) is 2.78. The Morgan fingerprint density at radius 1 is 1.00 bits per heavy atom. The highest BCUT2D eigenvalue weighted by Gasteiger charge is 2.28. The fourth-order valence-electron chi connectivity index (χ4n) is 3.07. The Hall–Kier alpha value is -2.22. The molecule has 0 amide bonds. The van der Waals surface area contributed by atoms with Gasteiger partial charge < -0.3 is 0 Å². The minimum atomic E-state index is -0.197. The van der Waals surface area contributed by atoms with Crippen molar-refractivity contribution >= 4 is 10.9 Å². The van der Waals surface area contributed by atoms with E-state index in [1.807, 2.05) is 24.3 Å². The molecule has 1 heterocycles. The first-order valence-electron chi connectivity index (χ1n) is 7.39. The van der Waals surface area contributed by atoms with Gasteiger partial charge in [-0.1, -0.05) is 30.3 Å². The number of benzene rings is 2. The van der Waals surface area contributed by atoms with Gasteiger partial charge in [-0.2, -0.15) is 0 Å². The van der Waals surface area contributed by atoms with Crippen LogP contribution >= 0.6 is 0 Å². The second-order valence-corrected chi connectivity index (χ2v) is 5.80. The lowest BCUT2D eigenvalue weighted by Crippen LogP contribution is -1.97. The number of halogens is 1. The molecular formula is C19H16FN. The Bertz CT molecular complexity index is 817. The standard InChI is InChI=1S/C19H16FN/c1-12-18(13-8-10-15(20)11-9-13)16-4-2-3-5-17(16)21-19(12)14-6-7-14/h2-5,8-11,14H,6-7H2,1H3. The molecule has 1 aliphatic rings. The van der Waals surface area contributed by atoms with E-state index in [9.17, 15) is 4.39 Å². The van der Waals surface area contributed by atoms with Crippen molar-refractivity contribution in [2.45, 2.75) is 25.7 Å². The molecule has 2 heteroatoms. The molecule has 1 nitrogen and oxygen atoms in total. The van der Waals surface area contributed by atoms with E-state index >= 15 is 0 Å². The van der Waals surface area contributed by atoms with Crippen molar-refractivity contribution in [3.05, 3.63) is 65.6 Å². The van der Waals surface area contributed by atoms with Crippen molar-refractivity contribution in [3.8, 4) is 11.1 Å². The third kappa shape index (κ3) is 2.11. The van der Waals surface area contributed by atoms with Crippen molar-refractivity contribution < 1.29 is 4.39 Å². The maximum Gasteiger partial charge on any atom is 0.123 e. The van der Waals surface area contributed by atoms with Gasteiger partial charge in [0.1, 0.15) is 5.82 Å². The van der Waals surface area contributed by atoms with E-state index in [2.05, 4.69) is 19.1 Å². The van der Waals surface area contributed by atoms with Gasteiger partial charge in [-0.05, 0) is 54.7 Å². The summed E-state index contributed by atoms with van der Waals surface area (Å²) in [5.41, 5.74) is 5.75. The van der Waals surface area contributed by atoms with Gasteiger partial charge in [-0.15, -0.1) is 0 Å². The molecule has 0 atom stereocenters. The van der Waals surface area contributed by atoms with Gasteiger partial charge in [0.2, 0.25) is 0 Å². The van der Waals surface area contributed by atoms with Crippen LogP contribution in [0, 0.1) is 12.7 Å². The second-order valence-electron chi connectivity index (χ2n) is 5.80. The molecule has 2 aromatic carbocycles. The third-order valence-corrected chi connectivity index (χ3v) is 4.27. The molecule has 0 saturated heterocycles. The van der Waals surface area contributed by atoms with E-state index in [0.29, 0.717) is 5.92 Å². The van der Waals surface area contributed by atoms with Crippen molar-refractivity contribution in [2.24, 2.45) is 0 Å². The highest BCUT2D eigenvalue weighted by molar-refractivity contribution is 5.96. The third-order valence-electron chi connectivity index (χ3n) is 4.27. The van der Waals surface area contributed by atoms with Gasteiger partial charge in [0, 0.05) is 17.0 Å². The van der Waals surface area contributed by atoms with Crippen molar-refractivity contribution in [2.75, 3.05) is 0 Å². The maximum absolute atomic E-state index is 13.2. The number of aromatic nitrogens is 1. The summed E-state index contributed by atoms with van der Waals surface area (Å²) in [6, 6.07) is 15.0. The average Bonchev–Trinajstić information content (AvgIpc) is 3.33. The first-order chi connectivity index (χ1) is 10.2. The van der Waals surface area contributed by atoms with Gasteiger partial charge in [0.05, 0.1) is 5.52 Å². The number of hydrogen-bond donors (Lipinski definition) is 0. The van der Waals surface area contributed by atoms with E-state index in [4.69, 9.17) is 4.98 Å². The average molecular weight is 277 g/mol. The zero-order chi connectivity index (χ0) is 14.4. The Balaban J connectivity index is 2.05. The lowest BCUT2D eigenvalue weighted by molar-refractivity contribution is 0.628. The van der Waals surface area contributed by atoms with E-state index in [0.717, 1.165) is 16.5 Å². The number of pyridine rings is 1. The molecule has 0 bridgehead atoms. The molecule has 3 aromatic rings. The molecule has 1 saturated carbocycles. The highest BCUT2D eigenvalue weighted by atomic mass is 19.1. The number of hydrogen-bond acceptors (Lipinski definition) is 1. The van der Waals surface area contributed by atoms with E-state index in [1.54, 1.807) is 0 Å². The van der Waals surface area contributed by atoms with Crippen LogP contribution in [0.25, 0.3) is 22.0 Å². The predicted octanol–water partition coefficient (Wildman–Crippen LogP) is 5.23. The summed E-state index contributed by atoms with van der Waals surface area (Å²) in [5.74, 6) is 0.408. The van der Waals surface area contributed by atoms with Gasteiger partial charge in [0.15, 0.2) is 0 Å². The largest absolute Gasteiger partial charge is 0.252 e. The van der Waals surface area contributed by atoms with Crippen LogP contribution in [-0.4, -0.2) is 4.98 Å². The molecule has 0 unspecified atom stereocenters. The molecule has 21 heavy (non-hydrogen) atoms. The summed E-state index contributed by atoms with van der Waals surface area (Å²) in [6.07, 6.45) is 2.46. The molecule has 1 aliphatic carbocycles. The number of nitrogens with zero attached hydrogens (tertiary/aromatic N) is 1. The molecule has 0 N–H and O–H groups in total. The van der Waals surface area contributed by atoms with Crippen molar-refractivity contribution in [1.29, 1.82) is 0 Å². The lowest BCUT2D eigenvalue weighted by atomic mass is 9.94. The van der Waals surface area contributed by atoms with Crippen molar-refractivity contribution in [3.63, 3.8) is 0 Å². The van der Waals surface area contributed by atoms with Gasteiger partial charge >= 0.3 is 0 Å². The maximum atomic E-state index is 13.2. The van der Waals surface area contributed by atoms with Crippen LogP contribution < -0.4 is 0 Å². The fraction of sp³-hybridized carbons (Fsp3) is 0.211. The normalized spacial score (nSPS) is 14.6. The van der Waals surface area contributed by atoms with Gasteiger partial charge in [-0.25, -0.2) is 4.39 Å². The minimum absolute atomic E-state index is 0.197. The Morgan fingerprint density at radius 3 is 2.43 bits per heavy atom. The summed E-state index contributed by atoms with van der Waals surface area (Å²) in [7, 11) is 0. The summed E-state index contributed by atoms with van der Waals surface area (Å²) in [6.45, 7) is 2.14. The molecule has 104 valence electrons. The van der Waals surface area contributed by atoms with Crippen molar-refractivity contribution in [1.82, 2.24) is 4.98 Å². The van der Waals surface area contributed by atoms with Crippen LogP contribution in [-0.2, 0) is 0 Å². The number of fused-ring (bicyclic) bond motifs is 1. The summed E-state index contributed by atoms with van der Waals surface area (Å²) < 4.78 is 13.2. The second kappa shape index (κ2) is 4.66. The van der Waals surface area contributed by atoms with Crippen LogP contribution in [0.15, 0.2) is 48.5 Å². The Morgan fingerprint density at radius 2 is 1.71 bits per heavy atom. The fourth-order valence-corrected chi connectivity index (χ4v) is 3.07. The van der Waals surface area contributed by atoms with Gasteiger partial charge in [0.25, 0.3) is 0 Å². The highest BCUT2D eigenvalue weighted by Crippen LogP contribution is 2.44. The first kappa shape index (κ1) is 12.5. The van der Waals surface area contributed by atoms with Gasteiger partial charge in [-0.3, -0.25) is 4.98 Å². The summed E-state index contributed by atoms with van der Waals surface area (Å²) >= 11 is 0. The first-order valence-corrected chi connectivity index (χ1v) is 7.39. The molecule has 1 fully saturated rings. The van der Waals surface area contributed by atoms with E-state index in [-0.39, 0.29) is 5.82 Å². The quantitative estimate of drug-likeness (QED) is 0.625. The summed E-state index contributed by atoms with van der Waals surface area (Å²) in [4.78, 5) is 4.87. The van der Waals surface area contributed by atoms with E-state index in [1.165, 1.54) is 41.8 Å². The van der Waals surface area contributed by atoms with E-state index < -0.39 is 0 Å². The zero-order valence-electron chi connectivity index (χ0n) is 11.9. The van der Waals surface area contributed by atoms with Crippen LogP contribution in [0.1, 0.15) is 30.0 Å². The monoisotopic (exact) mass is 277 g/mol. The van der Waals surface area contributed by atoms with Crippen LogP contribution in [0.4, 0.5) is 4.39 Å². The molecule has 0 spiro atoms. The SMILES string of the molecule is Cc1c(C2CC2)nc2ccccc2c1-c1ccc(F)cc1. The smallest absolute Gasteiger partial charge is 0.123 e. The number of rotatable bonds is 2. The molecule has 0 aliphatic heterocycles. The predicted molar refractivity (Wildman–Crippen MR) is 83.8 cm³/mol. The molecule has 0 radical (unpaired) electrons. The van der Waals surface area contributed by atoms with Crippen LogP contribution in [0.3, 0.4) is 0 Å².